The molecular formula is C30H33N3O3. The first-order chi connectivity index (χ1) is 17.7. The molecule has 7 rings (SSSR count). The standard InChI is InChI=1S/C30H33N3O3/c1-4-19-18-33-14-12-20(19)15-27(33)30(22-11-13-31-25-10-9-21(34-2)16-24(22)25)36-29-17-28(35-3)23-7-5-6-8-26(23)32-29/h5-11,13,16-17,19-20,27,30H,4,12,14-15,18H2,1-3H3/t19-,20-,27+,30-/m0/s1. The summed E-state index contributed by atoms with van der Waals surface area (Å²) in [5.41, 5.74) is 2.93. The summed E-state index contributed by atoms with van der Waals surface area (Å²) >= 11 is 0. The molecule has 0 amide bonds. The molecule has 36 heavy (non-hydrogen) atoms. The molecule has 3 aliphatic heterocycles. The monoisotopic (exact) mass is 483 g/mol. The summed E-state index contributed by atoms with van der Waals surface area (Å²) in [6.45, 7) is 4.57. The molecule has 0 N–H and O–H groups in total. The zero-order valence-electron chi connectivity index (χ0n) is 21.2. The van der Waals surface area contributed by atoms with E-state index in [1.54, 1.807) is 14.2 Å². The van der Waals surface area contributed by atoms with E-state index >= 15 is 0 Å². The van der Waals surface area contributed by atoms with Crippen molar-refractivity contribution < 1.29 is 14.2 Å². The van der Waals surface area contributed by atoms with Gasteiger partial charge in [0.1, 0.15) is 17.6 Å². The summed E-state index contributed by atoms with van der Waals surface area (Å²) < 4.78 is 18.2. The quantitative estimate of drug-likeness (QED) is 0.319. The second-order valence-electron chi connectivity index (χ2n) is 10.0. The lowest BCUT2D eigenvalue weighted by Crippen LogP contribution is -2.56. The molecule has 2 aromatic carbocycles. The maximum Gasteiger partial charge on any atom is 0.218 e. The van der Waals surface area contributed by atoms with Crippen LogP contribution in [0.3, 0.4) is 0 Å². The lowest BCUT2D eigenvalue weighted by atomic mass is 9.72. The summed E-state index contributed by atoms with van der Waals surface area (Å²) in [6, 6.07) is 18.4. The topological polar surface area (TPSA) is 56.7 Å². The first-order valence-electron chi connectivity index (χ1n) is 13.0. The second kappa shape index (κ2) is 9.58. The van der Waals surface area contributed by atoms with Crippen LogP contribution in [-0.2, 0) is 0 Å². The third-order valence-corrected chi connectivity index (χ3v) is 8.22. The summed E-state index contributed by atoms with van der Waals surface area (Å²) in [4.78, 5) is 12.2. The molecule has 4 aromatic rings. The molecule has 186 valence electrons. The normalized spacial score (nSPS) is 24.1. The number of rotatable bonds is 7. The Morgan fingerprint density at radius 2 is 1.89 bits per heavy atom. The van der Waals surface area contributed by atoms with E-state index in [-0.39, 0.29) is 12.1 Å². The highest BCUT2D eigenvalue weighted by Crippen LogP contribution is 2.44. The molecule has 2 bridgehead atoms. The molecule has 5 atom stereocenters. The molecule has 0 spiro atoms. The number of piperidine rings is 3. The van der Waals surface area contributed by atoms with Gasteiger partial charge in [-0.1, -0.05) is 25.5 Å². The number of hydrogen-bond donors (Lipinski definition) is 0. The van der Waals surface area contributed by atoms with Gasteiger partial charge in [0.15, 0.2) is 0 Å². The maximum absolute atomic E-state index is 6.89. The fourth-order valence-electron chi connectivity index (χ4n) is 6.31. The number of methoxy groups -OCH3 is 2. The van der Waals surface area contributed by atoms with Crippen LogP contribution >= 0.6 is 0 Å². The Balaban J connectivity index is 1.47. The van der Waals surface area contributed by atoms with Gasteiger partial charge >= 0.3 is 0 Å². The molecule has 3 fully saturated rings. The minimum absolute atomic E-state index is 0.193. The van der Waals surface area contributed by atoms with Crippen LogP contribution in [0.2, 0.25) is 0 Å². The van der Waals surface area contributed by atoms with Gasteiger partial charge in [-0.05, 0) is 67.6 Å². The number of para-hydroxylation sites is 1. The molecule has 6 nitrogen and oxygen atoms in total. The van der Waals surface area contributed by atoms with Gasteiger partial charge in [-0.2, -0.15) is 0 Å². The zero-order valence-corrected chi connectivity index (χ0v) is 21.2. The third kappa shape index (κ3) is 4.03. The highest BCUT2D eigenvalue weighted by Gasteiger charge is 2.44. The van der Waals surface area contributed by atoms with E-state index in [9.17, 15) is 0 Å². The van der Waals surface area contributed by atoms with Crippen LogP contribution in [0, 0.1) is 11.8 Å². The van der Waals surface area contributed by atoms with Gasteiger partial charge in [-0.3, -0.25) is 9.88 Å². The van der Waals surface area contributed by atoms with Crippen LogP contribution < -0.4 is 14.2 Å². The van der Waals surface area contributed by atoms with Crippen LogP contribution in [0.1, 0.15) is 37.9 Å². The Kier molecular flexibility index (Phi) is 6.13. The number of nitrogens with zero attached hydrogens (tertiary/aromatic N) is 3. The van der Waals surface area contributed by atoms with Crippen LogP contribution in [-0.4, -0.2) is 48.2 Å². The molecule has 5 heterocycles. The van der Waals surface area contributed by atoms with Gasteiger partial charge in [0.25, 0.3) is 0 Å². The first kappa shape index (κ1) is 23.0. The van der Waals surface area contributed by atoms with E-state index in [1.807, 2.05) is 48.7 Å². The molecule has 6 heteroatoms. The number of pyridine rings is 2. The van der Waals surface area contributed by atoms with E-state index in [0.717, 1.165) is 70.2 Å². The van der Waals surface area contributed by atoms with Gasteiger partial charge in [0.05, 0.1) is 31.3 Å². The predicted molar refractivity (Wildman–Crippen MR) is 142 cm³/mol. The third-order valence-electron chi connectivity index (χ3n) is 8.22. The Morgan fingerprint density at radius 1 is 1.00 bits per heavy atom. The Morgan fingerprint density at radius 3 is 2.67 bits per heavy atom. The van der Waals surface area contributed by atoms with Crippen molar-refractivity contribution in [3.63, 3.8) is 0 Å². The van der Waals surface area contributed by atoms with Crippen molar-refractivity contribution in [3.8, 4) is 17.4 Å². The fourth-order valence-corrected chi connectivity index (χ4v) is 6.31. The molecule has 0 aliphatic carbocycles. The maximum atomic E-state index is 6.89. The zero-order chi connectivity index (χ0) is 24.6. The summed E-state index contributed by atoms with van der Waals surface area (Å²) in [6.07, 6.45) is 5.33. The smallest absolute Gasteiger partial charge is 0.218 e. The lowest BCUT2D eigenvalue weighted by Gasteiger charge is -2.51. The van der Waals surface area contributed by atoms with Crippen LogP contribution in [0.5, 0.6) is 17.4 Å². The van der Waals surface area contributed by atoms with Gasteiger partial charge in [0.2, 0.25) is 5.88 Å². The molecule has 0 saturated carbocycles. The van der Waals surface area contributed by atoms with Crippen molar-refractivity contribution >= 4 is 21.8 Å². The van der Waals surface area contributed by atoms with E-state index in [0.29, 0.717) is 5.88 Å². The van der Waals surface area contributed by atoms with Crippen molar-refractivity contribution in [2.45, 2.75) is 38.3 Å². The van der Waals surface area contributed by atoms with E-state index in [1.165, 1.54) is 12.8 Å². The molecule has 1 unspecified atom stereocenters. The van der Waals surface area contributed by atoms with Crippen molar-refractivity contribution in [1.29, 1.82) is 0 Å². The fraction of sp³-hybridized carbons (Fsp3) is 0.400. The van der Waals surface area contributed by atoms with Crippen LogP contribution in [0.4, 0.5) is 0 Å². The number of aromatic nitrogens is 2. The minimum atomic E-state index is -0.193. The van der Waals surface area contributed by atoms with Crippen molar-refractivity contribution in [2.24, 2.45) is 11.8 Å². The van der Waals surface area contributed by atoms with Crippen molar-refractivity contribution in [2.75, 3.05) is 27.3 Å². The summed E-state index contributed by atoms with van der Waals surface area (Å²) in [7, 11) is 3.40. The lowest BCUT2D eigenvalue weighted by molar-refractivity contribution is -0.0493. The number of ether oxygens (including phenoxy) is 3. The van der Waals surface area contributed by atoms with Gasteiger partial charge in [-0.15, -0.1) is 0 Å². The largest absolute Gasteiger partial charge is 0.497 e. The molecule has 3 aliphatic rings. The first-order valence-corrected chi connectivity index (χ1v) is 13.0. The summed E-state index contributed by atoms with van der Waals surface area (Å²) in [5, 5.41) is 2.04. The Bertz CT molecular complexity index is 1390. The molecular weight excluding hydrogens is 450 g/mol. The number of hydrogen-bond acceptors (Lipinski definition) is 6. The van der Waals surface area contributed by atoms with Crippen molar-refractivity contribution in [3.05, 3.63) is 66.4 Å². The minimum Gasteiger partial charge on any atom is -0.497 e. The van der Waals surface area contributed by atoms with Crippen LogP contribution in [0.15, 0.2) is 60.8 Å². The van der Waals surface area contributed by atoms with Gasteiger partial charge in [0, 0.05) is 35.1 Å². The Labute approximate surface area is 212 Å². The molecule has 0 radical (unpaired) electrons. The summed E-state index contributed by atoms with van der Waals surface area (Å²) in [5.74, 6) is 3.67. The average molecular weight is 484 g/mol. The number of benzene rings is 2. The predicted octanol–water partition coefficient (Wildman–Crippen LogP) is 6.04. The second-order valence-corrected chi connectivity index (χ2v) is 10.0. The highest BCUT2D eigenvalue weighted by atomic mass is 16.5. The molecule has 3 saturated heterocycles. The molecule has 2 aromatic heterocycles. The number of fused-ring (bicyclic) bond motifs is 5. The van der Waals surface area contributed by atoms with E-state index < -0.39 is 0 Å². The van der Waals surface area contributed by atoms with Gasteiger partial charge in [-0.25, -0.2) is 4.98 Å². The average Bonchev–Trinajstić information content (AvgIpc) is 2.95. The van der Waals surface area contributed by atoms with E-state index in [2.05, 4.69) is 28.9 Å². The highest BCUT2D eigenvalue weighted by molar-refractivity contribution is 5.86. The SMILES string of the molecule is CC[C@H]1CN2CC[C@H]1C[C@@H]2[C@@H](Oc1cc(OC)c2ccccc2n1)c1ccnc2ccc(OC)cc12. The Hall–Kier alpha value is -3.38. The van der Waals surface area contributed by atoms with E-state index in [4.69, 9.17) is 19.2 Å². The van der Waals surface area contributed by atoms with Gasteiger partial charge < -0.3 is 14.2 Å². The van der Waals surface area contributed by atoms with Crippen LogP contribution in [0.25, 0.3) is 21.8 Å². The van der Waals surface area contributed by atoms with Crippen molar-refractivity contribution in [1.82, 2.24) is 14.9 Å².